The SMILES string of the molecule is CCC(CC)NC(=O)NC(=O)C(C)=C(C)C(=O)O. The van der Waals surface area contributed by atoms with E-state index in [1.54, 1.807) is 0 Å². The molecule has 0 bridgehead atoms. The third kappa shape index (κ3) is 4.99. The molecule has 0 saturated carbocycles. The molecule has 0 saturated heterocycles. The molecule has 3 amide bonds. The molecule has 0 aliphatic heterocycles. The fraction of sp³-hybridized carbons (Fsp3) is 0.583. The highest BCUT2D eigenvalue weighted by atomic mass is 16.4. The van der Waals surface area contributed by atoms with Crippen LogP contribution in [-0.4, -0.2) is 29.1 Å². The number of carbonyl (C=O) groups is 3. The highest BCUT2D eigenvalue weighted by Gasteiger charge is 2.16. The predicted molar refractivity (Wildman–Crippen MR) is 67.1 cm³/mol. The lowest BCUT2D eigenvalue weighted by Crippen LogP contribution is -2.44. The Morgan fingerprint density at radius 2 is 1.56 bits per heavy atom. The maximum absolute atomic E-state index is 11.6. The van der Waals surface area contributed by atoms with Gasteiger partial charge in [-0.05, 0) is 26.7 Å². The van der Waals surface area contributed by atoms with Gasteiger partial charge in [-0.3, -0.25) is 10.1 Å². The van der Waals surface area contributed by atoms with Gasteiger partial charge in [-0.1, -0.05) is 13.8 Å². The van der Waals surface area contributed by atoms with E-state index in [9.17, 15) is 14.4 Å². The quantitative estimate of drug-likeness (QED) is 0.648. The number of carbonyl (C=O) groups excluding carboxylic acids is 2. The minimum Gasteiger partial charge on any atom is -0.478 e. The zero-order chi connectivity index (χ0) is 14.3. The van der Waals surface area contributed by atoms with Crippen LogP contribution in [0, 0.1) is 0 Å². The average molecular weight is 256 g/mol. The Morgan fingerprint density at radius 3 is 1.94 bits per heavy atom. The molecule has 6 nitrogen and oxygen atoms in total. The van der Waals surface area contributed by atoms with Gasteiger partial charge < -0.3 is 10.4 Å². The number of carboxylic acids is 1. The molecular formula is C12H20N2O4. The summed E-state index contributed by atoms with van der Waals surface area (Å²) in [5.74, 6) is -1.87. The molecular weight excluding hydrogens is 236 g/mol. The Balaban J connectivity index is 4.54. The Hall–Kier alpha value is -1.85. The lowest BCUT2D eigenvalue weighted by molar-refractivity contribution is -0.133. The van der Waals surface area contributed by atoms with Crippen molar-refractivity contribution in [2.75, 3.05) is 0 Å². The van der Waals surface area contributed by atoms with Crippen molar-refractivity contribution in [3.63, 3.8) is 0 Å². The first-order valence-electron chi connectivity index (χ1n) is 5.86. The number of nitrogens with one attached hydrogen (secondary N) is 2. The number of urea groups is 1. The van der Waals surface area contributed by atoms with Crippen LogP contribution in [0.2, 0.25) is 0 Å². The molecule has 0 aliphatic carbocycles. The molecule has 3 N–H and O–H groups in total. The topological polar surface area (TPSA) is 95.5 Å². The summed E-state index contributed by atoms with van der Waals surface area (Å²) in [5, 5.41) is 13.5. The third-order valence-corrected chi connectivity index (χ3v) is 2.77. The number of carboxylic acid groups (broad SMARTS) is 1. The Bertz CT molecular complexity index is 370. The standard InChI is InChI=1S/C12H20N2O4/c1-5-9(6-2)13-12(18)14-10(15)7(3)8(4)11(16)17/h9H,5-6H2,1-4H3,(H,16,17)(H2,13,14,15,18). The lowest BCUT2D eigenvalue weighted by atomic mass is 10.1. The van der Waals surface area contributed by atoms with Crippen LogP contribution in [-0.2, 0) is 9.59 Å². The fourth-order valence-electron chi connectivity index (χ4n) is 1.24. The predicted octanol–water partition coefficient (Wildman–Crippen LogP) is 1.42. The second-order valence-electron chi connectivity index (χ2n) is 4.00. The smallest absolute Gasteiger partial charge is 0.331 e. The van der Waals surface area contributed by atoms with E-state index in [2.05, 4.69) is 10.6 Å². The van der Waals surface area contributed by atoms with Gasteiger partial charge in [0.05, 0.1) is 0 Å². The Morgan fingerprint density at radius 1 is 1.06 bits per heavy atom. The molecule has 102 valence electrons. The number of imide groups is 1. The Labute approximate surface area is 106 Å². The molecule has 0 spiro atoms. The van der Waals surface area contributed by atoms with E-state index in [1.807, 2.05) is 13.8 Å². The largest absolute Gasteiger partial charge is 0.478 e. The van der Waals surface area contributed by atoms with Crippen molar-refractivity contribution in [2.24, 2.45) is 0 Å². The molecule has 0 fully saturated rings. The molecule has 6 heteroatoms. The first-order chi connectivity index (χ1) is 8.33. The number of rotatable bonds is 5. The zero-order valence-electron chi connectivity index (χ0n) is 11.2. The summed E-state index contributed by atoms with van der Waals surface area (Å²) < 4.78 is 0. The average Bonchev–Trinajstić information content (AvgIpc) is 2.33. The van der Waals surface area contributed by atoms with Gasteiger partial charge in [0.2, 0.25) is 0 Å². The summed E-state index contributed by atoms with van der Waals surface area (Å²) >= 11 is 0. The lowest BCUT2D eigenvalue weighted by Gasteiger charge is -2.15. The summed E-state index contributed by atoms with van der Waals surface area (Å²) in [4.78, 5) is 33.7. The van der Waals surface area contributed by atoms with Gasteiger partial charge in [0.15, 0.2) is 0 Å². The van der Waals surface area contributed by atoms with Crippen molar-refractivity contribution in [1.82, 2.24) is 10.6 Å². The molecule has 0 rings (SSSR count). The van der Waals surface area contributed by atoms with Crippen LogP contribution >= 0.6 is 0 Å². The molecule has 0 aromatic rings. The molecule has 0 aliphatic rings. The molecule has 18 heavy (non-hydrogen) atoms. The van der Waals surface area contributed by atoms with Crippen LogP contribution in [0.1, 0.15) is 40.5 Å². The molecule has 0 atom stereocenters. The fourth-order valence-corrected chi connectivity index (χ4v) is 1.24. The minimum absolute atomic E-state index is 0.00246. The summed E-state index contributed by atoms with van der Waals surface area (Å²) in [7, 11) is 0. The van der Waals surface area contributed by atoms with E-state index in [-0.39, 0.29) is 17.2 Å². The molecule has 0 aromatic heterocycles. The van der Waals surface area contributed by atoms with Gasteiger partial charge >= 0.3 is 12.0 Å². The van der Waals surface area contributed by atoms with Gasteiger partial charge in [-0.25, -0.2) is 9.59 Å². The van der Waals surface area contributed by atoms with E-state index >= 15 is 0 Å². The monoisotopic (exact) mass is 256 g/mol. The maximum Gasteiger partial charge on any atom is 0.331 e. The molecule has 0 aromatic carbocycles. The van der Waals surface area contributed by atoms with Gasteiger partial charge in [-0.15, -0.1) is 0 Å². The van der Waals surface area contributed by atoms with E-state index < -0.39 is 17.9 Å². The summed E-state index contributed by atoms with van der Waals surface area (Å²) in [6.45, 7) is 6.53. The third-order valence-electron chi connectivity index (χ3n) is 2.77. The first kappa shape index (κ1) is 16.1. The van der Waals surface area contributed by atoms with Gasteiger partial charge in [-0.2, -0.15) is 0 Å². The van der Waals surface area contributed by atoms with Crippen molar-refractivity contribution < 1.29 is 19.5 Å². The normalized spacial score (nSPS) is 11.8. The second kappa shape index (κ2) is 7.47. The summed E-state index contributed by atoms with van der Waals surface area (Å²) in [6.07, 6.45) is 1.53. The van der Waals surface area contributed by atoms with E-state index in [1.165, 1.54) is 13.8 Å². The van der Waals surface area contributed by atoms with Gasteiger partial charge in [0, 0.05) is 17.2 Å². The van der Waals surface area contributed by atoms with Crippen LogP contribution < -0.4 is 10.6 Å². The van der Waals surface area contributed by atoms with Crippen LogP contribution in [0.25, 0.3) is 0 Å². The number of amides is 3. The number of aliphatic carboxylic acids is 1. The van der Waals surface area contributed by atoms with Crippen LogP contribution in [0.15, 0.2) is 11.1 Å². The summed E-state index contributed by atoms with van der Waals surface area (Å²) in [5.41, 5.74) is -0.0648. The maximum atomic E-state index is 11.6. The highest BCUT2D eigenvalue weighted by Crippen LogP contribution is 2.03. The van der Waals surface area contributed by atoms with E-state index in [0.717, 1.165) is 12.8 Å². The van der Waals surface area contributed by atoms with Crippen LogP contribution in [0.5, 0.6) is 0 Å². The Kier molecular flexibility index (Phi) is 6.70. The van der Waals surface area contributed by atoms with Crippen LogP contribution in [0.4, 0.5) is 4.79 Å². The molecule has 0 unspecified atom stereocenters. The number of hydrogen-bond acceptors (Lipinski definition) is 3. The zero-order valence-corrected chi connectivity index (χ0v) is 11.2. The summed E-state index contributed by atoms with van der Waals surface area (Å²) in [6, 6.07) is -0.603. The van der Waals surface area contributed by atoms with Crippen molar-refractivity contribution in [2.45, 2.75) is 46.6 Å². The minimum atomic E-state index is -1.18. The van der Waals surface area contributed by atoms with Gasteiger partial charge in [0.1, 0.15) is 0 Å². The first-order valence-corrected chi connectivity index (χ1v) is 5.86. The highest BCUT2D eigenvalue weighted by molar-refractivity contribution is 6.07. The van der Waals surface area contributed by atoms with Crippen molar-refractivity contribution in [3.05, 3.63) is 11.1 Å². The van der Waals surface area contributed by atoms with Crippen molar-refractivity contribution in [1.29, 1.82) is 0 Å². The van der Waals surface area contributed by atoms with E-state index in [4.69, 9.17) is 5.11 Å². The molecule has 0 heterocycles. The van der Waals surface area contributed by atoms with E-state index in [0.29, 0.717) is 0 Å². The number of hydrogen-bond donors (Lipinski definition) is 3. The second-order valence-corrected chi connectivity index (χ2v) is 4.00. The van der Waals surface area contributed by atoms with Crippen LogP contribution in [0.3, 0.4) is 0 Å². The van der Waals surface area contributed by atoms with Crippen molar-refractivity contribution in [3.8, 4) is 0 Å². The molecule has 0 radical (unpaired) electrons. The van der Waals surface area contributed by atoms with Crippen molar-refractivity contribution >= 4 is 17.9 Å². The van der Waals surface area contributed by atoms with Gasteiger partial charge in [0.25, 0.3) is 5.91 Å².